The summed E-state index contributed by atoms with van der Waals surface area (Å²) in [5.41, 5.74) is 1.25. The van der Waals surface area contributed by atoms with Crippen molar-refractivity contribution in [1.82, 2.24) is 15.1 Å². The average Bonchev–Trinajstić information content (AvgIpc) is 2.95. The Morgan fingerprint density at radius 3 is 3.00 bits per heavy atom. The number of hydrogen-bond donors (Lipinski definition) is 1. The van der Waals surface area contributed by atoms with E-state index in [0.29, 0.717) is 6.61 Å². The molecule has 0 saturated carbocycles. The quantitative estimate of drug-likeness (QED) is 0.751. The van der Waals surface area contributed by atoms with Crippen molar-refractivity contribution < 1.29 is 4.74 Å². The molecule has 0 amide bonds. The second kappa shape index (κ2) is 8.07. The summed E-state index contributed by atoms with van der Waals surface area (Å²) >= 11 is 3.56. The van der Waals surface area contributed by atoms with Crippen molar-refractivity contribution in [1.29, 1.82) is 0 Å². The third kappa shape index (κ3) is 4.65. The Balaban J connectivity index is 1.82. The first-order chi connectivity index (χ1) is 9.79. The largest absolute Gasteiger partial charge is 0.490 e. The van der Waals surface area contributed by atoms with E-state index < -0.39 is 0 Å². The van der Waals surface area contributed by atoms with Gasteiger partial charge in [0.25, 0.3) is 0 Å². The Kier molecular flexibility index (Phi) is 6.08. The molecule has 0 unspecified atom stereocenters. The van der Waals surface area contributed by atoms with Crippen molar-refractivity contribution in [2.45, 2.75) is 26.4 Å². The highest BCUT2D eigenvalue weighted by molar-refractivity contribution is 9.10. The van der Waals surface area contributed by atoms with Crippen molar-refractivity contribution in [3.63, 3.8) is 0 Å². The van der Waals surface area contributed by atoms with Crippen LogP contribution in [0.3, 0.4) is 0 Å². The lowest BCUT2D eigenvalue weighted by molar-refractivity contribution is 0.289. The van der Waals surface area contributed by atoms with Gasteiger partial charge in [0.1, 0.15) is 12.4 Å². The van der Waals surface area contributed by atoms with E-state index in [1.165, 1.54) is 5.56 Å². The fraction of sp³-hybridized carbons (Fsp3) is 0.400. The number of halogens is 1. The summed E-state index contributed by atoms with van der Waals surface area (Å²) < 4.78 is 8.61. The molecular weight excluding hydrogens is 318 g/mol. The maximum absolute atomic E-state index is 5.76. The van der Waals surface area contributed by atoms with Gasteiger partial charge in [-0.1, -0.05) is 13.0 Å². The number of nitrogens with one attached hydrogen (secondary N) is 1. The molecule has 0 aliphatic rings. The molecule has 0 spiro atoms. The highest BCUT2D eigenvalue weighted by Crippen LogP contribution is 2.26. The number of ether oxygens (including phenoxy) is 1. The van der Waals surface area contributed by atoms with Crippen molar-refractivity contribution in [2.75, 3.05) is 13.2 Å². The summed E-state index contributed by atoms with van der Waals surface area (Å²) in [6.45, 7) is 5.45. The topological polar surface area (TPSA) is 39.1 Å². The summed E-state index contributed by atoms with van der Waals surface area (Å²) in [5.74, 6) is 0.872. The highest BCUT2D eigenvalue weighted by atomic mass is 79.9. The number of rotatable bonds is 8. The van der Waals surface area contributed by atoms with Crippen LogP contribution < -0.4 is 10.1 Å². The lowest BCUT2D eigenvalue weighted by Crippen LogP contribution is -2.13. The number of aromatic nitrogens is 2. The molecule has 0 fully saturated rings. The van der Waals surface area contributed by atoms with Gasteiger partial charge in [0, 0.05) is 18.9 Å². The van der Waals surface area contributed by atoms with Crippen LogP contribution in [0.4, 0.5) is 0 Å². The summed E-state index contributed by atoms with van der Waals surface area (Å²) in [7, 11) is 0. The molecule has 1 N–H and O–H groups in total. The minimum absolute atomic E-state index is 0.605. The van der Waals surface area contributed by atoms with Gasteiger partial charge >= 0.3 is 0 Å². The van der Waals surface area contributed by atoms with Gasteiger partial charge in [0.2, 0.25) is 0 Å². The van der Waals surface area contributed by atoms with Crippen LogP contribution in [-0.4, -0.2) is 22.9 Å². The van der Waals surface area contributed by atoms with Gasteiger partial charge in [-0.3, -0.25) is 4.68 Å². The minimum atomic E-state index is 0.605. The van der Waals surface area contributed by atoms with Gasteiger partial charge in [0.05, 0.1) is 11.0 Å². The summed E-state index contributed by atoms with van der Waals surface area (Å²) in [4.78, 5) is 0. The van der Waals surface area contributed by atoms with E-state index in [4.69, 9.17) is 4.74 Å². The molecule has 0 bridgehead atoms. The van der Waals surface area contributed by atoms with Crippen molar-refractivity contribution >= 4 is 15.9 Å². The van der Waals surface area contributed by atoms with Crippen LogP contribution in [0.1, 0.15) is 18.9 Å². The van der Waals surface area contributed by atoms with Crippen molar-refractivity contribution in [2.24, 2.45) is 0 Å². The van der Waals surface area contributed by atoms with Gasteiger partial charge in [-0.15, -0.1) is 0 Å². The molecule has 2 aromatic rings. The van der Waals surface area contributed by atoms with Crippen LogP contribution in [-0.2, 0) is 13.1 Å². The molecule has 20 heavy (non-hydrogen) atoms. The Bertz CT molecular complexity index is 514. The Morgan fingerprint density at radius 1 is 1.40 bits per heavy atom. The molecule has 2 rings (SSSR count). The van der Waals surface area contributed by atoms with E-state index in [0.717, 1.165) is 36.3 Å². The predicted octanol–water partition coefficient (Wildman–Crippen LogP) is 3.22. The number of benzene rings is 1. The molecule has 5 heteroatoms. The van der Waals surface area contributed by atoms with Crippen LogP contribution in [0.5, 0.6) is 5.75 Å². The van der Waals surface area contributed by atoms with Crippen LogP contribution in [0.15, 0.2) is 41.1 Å². The Morgan fingerprint density at radius 2 is 2.30 bits per heavy atom. The van der Waals surface area contributed by atoms with Crippen LogP contribution in [0, 0.1) is 0 Å². The maximum atomic E-state index is 5.76. The molecule has 1 aromatic heterocycles. The molecular formula is C15H20BrN3O. The average molecular weight is 338 g/mol. The van der Waals surface area contributed by atoms with Crippen LogP contribution in [0.25, 0.3) is 0 Å². The summed E-state index contributed by atoms with van der Waals surface area (Å²) in [5, 5.41) is 7.53. The standard InChI is InChI=1S/C15H20BrN3O/c1-2-6-17-12-13-4-5-15(14(16)11-13)20-10-9-19-8-3-7-18-19/h3-5,7-8,11,17H,2,6,9-10,12H2,1H3. The lowest BCUT2D eigenvalue weighted by atomic mass is 10.2. The molecule has 0 saturated heterocycles. The maximum Gasteiger partial charge on any atom is 0.133 e. The van der Waals surface area contributed by atoms with Crippen molar-refractivity contribution in [3.8, 4) is 5.75 Å². The van der Waals surface area contributed by atoms with Crippen LogP contribution >= 0.6 is 15.9 Å². The predicted molar refractivity (Wildman–Crippen MR) is 83.9 cm³/mol. The fourth-order valence-electron chi connectivity index (χ4n) is 1.86. The summed E-state index contributed by atoms with van der Waals surface area (Å²) in [6, 6.07) is 8.12. The second-order valence-electron chi connectivity index (χ2n) is 4.56. The van der Waals surface area contributed by atoms with Crippen LogP contribution in [0.2, 0.25) is 0 Å². The third-order valence-corrected chi connectivity index (χ3v) is 3.51. The molecule has 0 aliphatic heterocycles. The zero-order chi connectivity index (χ0) is 14.2. The molecule has 108 valence electrons. The zero-order valence-corrected chi connectivity index (χ0v) is 13.3. The van der Waals surface area contributed by atoms with E-state index >= 15 is 0 Å². The summed E-state index contributed by atoms with van der Waals surface area (Å²) in [6.07, 6.45) is 4.85. The van der Waals surface area contributed by atoms with Gasteiger partial charge in [-0.2, -0.15) is 5.10 Å². The number of hydrogen-bond acceptors (Lipinski definition) is 3. The minimum Gasteiger partial charge on any atom is -0.490 e. The SMILES string of the molecule is CCCNCc1ccc(OCCn2cccn2)c(Br)c1. The third-order valence-electron chi connectivity index (χ3n) is 2.89. The van der Waals surface area contributed by atoms with Gasteiger partial charge in [-0.05, 0) is 52.7 Å². The van der Waals surface area contributed by atoms with Gasteiger partial charge < -0.3 is 10.1 Å². The molecule has 0 aliphatic carbocycles. The first-order valence-corrected chi connectivity index (χ1v) is 7.68. The van der Waals surface area contributed by atoms with E-state index in [2.05, 4.69) is 45.4 Å². The monoisotopic (exact) mass is 337 g/mol. The molecule has 0 atom stereocenters. The van der Waals surface area contributed by atoms with Gasteiger partial charge in [-0.25, -0.2) is 0 Å². The Hall–Kier alpha value is -1.33. The fourth-order valence-corrected chi connectivity index (χ4v) is 2.40. The molecule has 1 aromatic carbocycles. The smallest absolute Gasteiger partial charge is 0.133 e. The van der Waals surface area contributed by atoms with Crippen molar-refractivity contribution in [3.05, 3.63) is 46.7 Å². The first kappa shape index (κ1) is 15.1. The van der Waals surface area contributed by atoms with E-state index in [-0.39, 0.29) is 0 Å². The van der Waals surface area contributed by atoms with E-state index in [1.807, 2.05) is 23.0 Å². The Labute approximate surface area is 128 Å². The second-order valence-corrected chi connectivity index (χ2v) is 5.41. The zero-order valence-electron chi connectivity index (χ0n) is 11.7. The lowest BCUT2D eigenvalue weighted by Gasteiger charge is -2.10. The van der Waals surface area contributed by atoms with E-state index in [1.54, 1.807) is 6.20 Å². The number of nitrogens with zero attached hydrogens (tertiary/aromatic N) is 2. The van der Waals surface area contributed by atoms with Gasteiger partial charge in [0.15, 0.2) is 0 Å². The molecule has 1 heterocycles. The van der Waals surface area contributed by atoms with E-state index in [9.17, 15) is 0 Å². The molecule has 0 radical (unpaired) electrons. The first-order valence-electron chi connectivity index (χ1n) is 6.89. The highest BCUT2D eigenvalue weighted by Gasteiger charge is 2.03. The normalized spacial score (nSPS) is 10.7. The molecule has 4 nitrogen and oxygen atoms in total.